The van der Waals surface area contributed by atoms with Gasteiger partial charge in [-0.05, 0) is 52.7 Å². The highest BCUT2D eigenvalue weighted by atomic mass is 35.5. The maximum absolute atomic E-state index is 11.9. The first kappa shape index (κ1) is 19.2. The molecule has 6 heteroatoms. The van der Waals surface area contributed by atoms with Gasteiger partial charge in [-0.15, -0.1) is 12.4 Å². The van der Waals surface area contributed by atoms with E-state index in [0.717, 1.165) is 38.9 Å². The van der Waals surface area contributed by atoms with Gasteiger partial charge in [0, 0.05) is 12.6 Å². The Hall–Kier alpha value is 0.160. The van der Waals surface area contributed by atoms with Crippen molar-refractivity contribution < 1.29 is 8.42 Å². The number of nitrogens with one attached hydrogen (secondary N) is 1. The molecule has 0 aromatic rings. The Kier molecular flexibility index (Phi) is 9.24. The van der Waals surface area contributed by atoms with Crippen LogP contribution in [0.2, 0.25) is 0 Å². The molecule has 1 saturated heterocycles. The lowest BCUT2D eigenvalue weighted by Crippen LogP contribution is -2.45. The number of hydrogen-bond acceptors (Lipinski definition) is 4. The van der Waals surface area contributed by atoms with E-state index in [-0.39, 0.29) is 17.7 Å². The number of halogens is 1. The van der Waals surface area contributed by atoms with Gasteiger partial charge in [0.15, 0.2) is 9.84 Å². The fourth-order valence-electron chi connectivity index (χ4n) is 2.42. The summed E-state index contributed by atoms with van der Waals surface area (Å²) in [4.78, 5) is 2.38. The Bertz CT molecular complexity index is 328. The highest BCUT2D eigenvalue weighted by molar-refractivity contribution is 7.92. The van der Waals surface area contributed by atoms with Crippen LogP contribution < -0.4 is 5.32 Å². The van der Waals surface area contributed by atoms with E-state index in [0.29, 0.717) is 18.3 Å². The fraction of sp³-hybridized carbons (Fsp3) is 1.00. The summed E-state index contributed by atoms with van der Waals surface area (Å²) in [5, 5.41) is 3.10. The molecule has 0 radical (unpaired) electrons. The van der Waals surface area contributed by atoms with E-state index >= 15 is 0 Å². The standard InChI is InChI=1S/C13H28N2O2S.ClH/c1-4-9-15(13-5-7-14-8-6-13)10-11-18(16,17)12(2)3;/h12-14H,4-11H2,1-3H3;1H. The van der Waals surface area contributed by atoms with Crippen LogP contribution in [-0.2, 0) is 9.84 Å². The van der Waals surface area contributed by atoms with Crippen molar-refractivity contribution in [3.05, 3.63) is 0 Å². The monoisotopic (exact) mass is 312 g/mol. The predicted molar refractivity (Wildman–Crippen MR) is 83.9 cm³/mol. The number of hydrogen-bond donors (Lipinski definition) is 1. The molecule has 0 bridgehead atoms. The maximum Gasteiger partial charge on any atom is 0.153 e. The minimum Gasteiger partial charge on any atom is -0.317 e. The number of sulfone groups is 1. The molecule has 1 N–H and O–H groups in total. The first-order valence-corrected chi connectivity index (χ1v) is 8.85. The lowest BCUT2D eigenvalue weighted by Gasteiger charge is -2.34. The van der Waals surface area contributed by atoms with Crippen LogP contribution in [0, 0.1) is 0 Å². The average Bonchev–Trinajstić information content (AvgIpc) is 2.35. The largest absolute Gasteiger partial charge is 0.317 e. The van der Waals surface area contributed by atoms with Crippen molar-refractivity contribution in [1.29, 1.82) is 0 Å². The lowest BCUT2D eigenvalue weighted by molar-refractivity contribution is 0.171. The Morgan fingerprint density at radius 2 is 1.79 bits per heavy atom. The van der Waals surface area contributed by atoms with Crippen LogP contribution in [0.1, 0.15) is 40.0 Å². The molecule has 4 nitrogen and oxygen atoms in total. The summed E-state index contributed by atoms with van der Waals surface area (Å²) < 4.78 is 23.8. The SMILES string of the molecule is CCCN(CCS(=O)(=O)C(C)C)C1CCNCC1.Cl. The van der Waals surface area contributed by atoms with Crippen LogP contribution in [-0.4, -0.2) is 56.5 Å². The molecule has 19 heavy (non-hydrogen) atoms. The van der Waals surface area contributed by atoms with E-state index < -0.39 is 9.84 Å². The Labute approximate surface area is 124 Å². The topological polar surface area (TPSA) is 49.4 Å². The molecule has 0 saturated carbocycles. The van der Waals surface area contributed by atoms with Crippen LogP contribution in [0.5, 0.6) is 0 Å². The van der Waals surface area contributed by atoms with Gasteiger partial charge in [-0.1, -0.05) is 6.92 Å². The molecule has 1 aliphatic rings. The number of rotatable bonds is 7. The second-order valence-corrected chi connectivity index (χ2v) is 8.11. The molecule has 0 amide bonds. The van der Waals surface area contributed by atoms with Crippen molar-refractivity contribution in [2.24, 2.45) is 0 Å². The van der Waals surface area contributed by atoms with Gasteiger partial charge in [-0.25, -0.2) is 8.42 Å². The second kappa shape index (κ2) is 9.16. The normalized spacial score (nSPS) is 17.7. The van der Waals surface area contributed by atoms with Gasteiger partial charge in [-0.3, -0.25) is 4.90 Å². The summed E-state index contributed by atoms with van der Waals surface area (Å²) in [5.41, 5.74) is 0. The van der Waals surface area contributed by atoms with Crippen LogP contribution in [0.15, 0.2) is 0 Å². The molecular formula is C13H29ClN2O2S. The average molecular weight is 313 g/mol. The molecular weight excluding hydrogens is 284 g/mol. The summed E-state index contributed by atoms with van der Waals surface area (Å²) in [7, 11) is -2.91. The minimum absolute atomic E-state index is 0. The zero-order valence-corrected chi connectivity index (χ0v) is 14.0. The molecule has 1 rings (SSSR count). The van der Waals surface area contributed by atoms with Crippen molar-refractivity contribution in [1.82, 2.24) is 10.2 Å². The first-order valence-electron chi connectivity index (χ1n) is 7.13. The smallest absolute Gasteiger partial charge is 0.153 e. The minimum atomic E-state index is -2.91. The summed E-state index contributed by atoms with van der Waals surface area (Å²) >= 11 is 0. The van der Waals surface area contributed by atoms with Crippen LogP contribution >= 0.6 is 12.4 Å². The third kappa shape index (κ3) is 6.43. The van der Waals surface area contributed by atoms with E-state index in [1.165, 1.54) is 0 Å². The summed E-state index contributed by atoms with van der Waals surface area (Å²) in [6.07, 6.45) is 3.37. The summed E-state index contributed by atoms with van der Waals surface area (Å²) in [6, 6.07) is 0.563. The highest BCUT2D eigenvalue weighted by Gasteiger charge is 2.23. The molecule has 1 aliphatic heterocycles. The van der Waals surface area contributed by atoms with E-state index in [1.807, 2.05) is 0 Å². The van der Waals surface area contributed by atoms with Gasteiger partial charge >= 0.3 is 0 Å². The Morgan fingerprint density at radius 1 is 1.21 bits per heavy atom. The van der Waals surface area contributed by atoms with Crippen molar-refractivity contribution in [3.8, 4) is 0 Å². The van der Waals surface area contributed by atoms with Gasteiger partial charge in [0.05, 0.1) is 11.0 Å². The molecule has 0 aromatic heterocycles. The van der Waals surface area contributed by atoms with Gasteiger partial charge < -0.3 is 5.32 Å². The van der Waals surface area contributed by atoms with Gasteiger partial charge in [0.2, 0.25) is 0 Å². The second-order valence-electron chi connectivity index (χ2n) is 5.43. The third-order valence-corrected chi connectivity index (χ3v) is 5.91. The molecule has 0 aromatic carbocycles. The molecule has 0 aliphatic carbocycles. The molecule has 0 spiro atoms. The van der Waals surface area contributed by atoms with Crippen molar-refractivity contribution in [2.75, 3.05) is 31.9 Å². The van der Waals surface area contributed by atoms with E-state index in [1.54, 1.807) is 13.8 Å². The van der Waals surface area contributed by atoms with E-state index in [9.17, 15) is 8.42 Å². The van der Waals surface area contributed by atoms with Crippen molar-refractivity contribution >= 4 is 22.2 Å². The Balaban J connectivity index is 0.00000324. The molecule has 0 unspecified atom stereocenters. The fourth-order valence-corrected chi connectivity index (χ4v) is 3.38. The van der Waals surface area contributed by atoms with Gasteiger partial charge in [-0.2, -0.15) is 0 Å². The Morgan fingerprint density at radius 3 is 2.26 bits per heavy atom. The third-order valence-electron chi connectivity index (χ3n) is 3.72. The van der Waals surface area contributed by atoms with Crippen molar-refractivity contribution in [3.63, 3.8) is 0 Å². The number of piperidine rings is 1. The predicted octanol–water partition coefficient (Wildman–Crippen LogP) is 1.70. The molecule has 1 fully saturated rings. The van der Waals surface area contributed by atoms with Crippen LogP contribution in [0.25, 0.3) is 0 Å². The van der Waals surface area contributed by atoms with Gasteiger partial charge in [0.25, 0.3) is 0 Å². The zero-order chi connectivity index (χ0) is 13.6. The highest BCUT2D eigenvalue weighted by Crippen LogP contribution is 2.13. The van der Waals surface area contributed by atoms with Crippen molar-refractivity contribution in [2.45, 2.75) is 51.3 Å². The zero-order valence-electron chi connectivity index (χ0n) is 12.4. The van der Waals surface area contributed by atoms with Crippen LogP contribution in [0.3, 0.4) is 0 Å². The maximum atomic E-state index is 11.9. The molecule has 1 heterocycles. The number of nitrogens with zero attached hydrogens (tertiary/aromatic N) is 1. The summed E-state index contributed by atoms with van der Waals surface area (Å²) in [5.74, 6) is 0.300. The first-order chi connectivity index (χ1) is 8.47. The van der Waals surface area contributed by atoms with E-state index in [2.05, 4.69) is 17.1 Å². The summed E-state index contributed by atoms with van der Waals surface area (Å²) in [6.45, 7) is 9.51. The lowest BCUT2D eigenvalue weighted by atomic mass is 10.0. The van der Waals surface area contributed by atoms with Crippen LogP contribution in [0.4, 0.5) is 0 Å². The van der Waals surface area contributed by atoms with E-state index in [4.69, 9.17) is 0 Å². The van der Waals surface area contributed by atoms with Gasteiger partial charge in [0.1, 0.15) is 0 Å². The molecule has 116 valence electrons. The molecule has 0 atom stereocenters. The quantitative estimate of drug-likeness (QED) is 0.777.